The maximum Gasteiger partial charge on any atom is 0.227 e. The summed E-state index contributed by atoms with van der Waals surface area (Å²) in [5.41, 5.74) is 2.23. The summed E-state index contributed by atoms with van der Waals surface area (Å²) in [5, 5.41) is 0.800. The van der Waals surface area contributed by atoms with Crippen LogP contribution >= 0.6 is 0 Å². The van der Waals surface area contributed by atoms with Crippen LogP contribution in [0.1, 0.15) is 35.8 Å². The fourth-order valence-electron chi connectivity index (χ4n) is 4.04. The van der Waals surface area contributed by atoms with E-state index in [9.17, 15) is 9.18 Å². The number of imidazole rings is 1. The Morgan fingerprint density at radius 2 is 2.27 bits per heavy atom. The number of hydrogen-bond acceptors (Lipinski definition) is 2. The van der Waals surface area contributed by atoms with Gasteiger partial charge in [-0.3, -0.25) is 4.79 Å². The zero-order chi connectivity index (χ0) is 18.3. The van der Waals surface area contributed by atoms with Gasteiger partial charge in [-0.05, 0) is 31.4 Å². The Bertz CT molecular complexity index is 958. The molecule has 1 aliphatic rings. The summed E-state index contributed by atoms with van der Waals surface area (Å²) < 4.78 is 16.0. The number of aromatic nitrogens is 3. The van der Waals surface area contributed by atoms with Crippen molar-refractivity contribution in [3.63, 3.8) is 0 Å². The summed E-state index contributed by atoms with van der Waals surface area (Å²) in [6.45, 7) is 3.37. The Labute approximate surface area is 151 Å². The van der Waals surface area contributed by atoms with E-state index < -0.39 is 0 Å². The molecular weight excluding hydrogens is 331 g/mol. The van der Waals surface area contributed by atoms with Crippen molar-refractivity contribution in [3.8, 4) is 0 Å². The zero-order valence-electron chi connectivity index (χ0n) is 15.1. The zero-order valence-corrected chi connectivity index (χ0v) is 15.1. The Morgan fingerprint density at radius 1 is 1.42 bits per heavy atom. The van der Waals surface area contributed by atoms with Gasteiger partial charge in [0.15, 0.2) is 0 Å². The number of carbonyl (C=O) groups excluding carboxylic acids is 1. The molecule has 5 nitrogen and oxygen atoms in total. The number of para-hydroxylation sites is 1. The number of piperidine rings is 1. The van der Waals surface area contributed by atoms with Crippen molar-refractivity contribution in [1.82, 2.24) is 19.4 Å². The number of likely N-dealkylation sites (tertiary alicyclic amines) is 1. The average Bonchev–Trinajstić information content (AvgIpc) is 3.20. The first-order valence-electron chi connectivity index (χ1n) is 9.05. The van der Waals surface area contributed by atoms with Crippen molar-refractivity contribution in [3.05, 3.63) is 53.5 Å². The number of amides is 1. The van der Waals surface area contributed by atoms with Crippen molar-refractivity contribution >= 4 is 16.8 Å². The van der Waals surface area contributed by atoms with Crippen LogP contribution in [0.25, 0.3) is 10.9 Å². The lowest BCUT2D eigenvalue weighted by Crippen LogP contribution is -2.40. The lowest BCUT2D eigenvalue weighted by atomic mass is 9.96. The number of aromatic amines is 1. The standard InChI is InChI=1S/C20H23FN4O/c1-13-16(15-6-3-7-17(21)19(15)23-13)11-18(26)25-9-4-5-14(12-25)20-22-8-10-24(20)2/h3,6-8,10,14,23H,4-5,9,11-12H2,1-2H3. The van der Waals surface area contributed by atoms with Crippen LogP contribution in [0.4, 0.5) is 4.39 Å². The van der Waals surface area contributed by atoms with Gasteiger partial charge in [-0.2, -0.15) is 0 Å². The van der Waals surface area contributed by atoms with Gasteiger partial charge in [-0.1, -0.05) is 12.1 Å². The number of halogens is 1. The highest BCUT2D eigenvalue weighted by atomic mass is 19.1. The minimum atomic E-state index is -0.280. The van der Waals surface area contributed by atoms with Gasteiger partial charge in [0, 0.05) is 49.5 Å². The fourth-order valence-corrected chi connectivity index (χ4v) is 4.04. The predicted octanol–water partition coefficient (Wildman–Crippen LogP) is 3.30. The van der Waals surface area contributed by atoms with Crippen molar-refractivity contribution < 1.29 is 9.18 Å². The number of fused-ring (bicyclic) bond motifs is 1. The van der Waals surface area contributed by atoms with Gasteiger partial charge < -0.3 is 14.5 Å². The second kappa shape index (κ2) is 6.59. The average molecular weight is 354 g/mol. The number of hydrogen-bond donors (Lipinski definition) is 1. The predicted molar refractivity (Wildman–Crippen MR) is 98.5 cm³/mol. The maximum absolute atomic E-state index is 14.0. The first-order valence-corrected chi connectivity index (χ1v) is 9.05. The smallest absolute Gasteiger partial charge is 0.227 e. The van der Waals surface area contributed by atoms with E-state index in [2.05, 4.69) is 9.97 Å². The molecule has 6 heteroatoms. The summed E-state index contributed by atoms with van der Waals surface area (Å²) in [6, 6.07) is 5.00. The third kappa shape index (κ3) is 2.89. The molecule has 1 atom stereocenters. The fraction of sp³-hybridized carbons (Fsp3) is 0.400. The van der Waals surface area contributed by atoms with E-state index in [-0.39, 0.29) is 17.6 Å². The normalized spacial score (nSPS) is 17.8. The molecule has 3 heterocycles. The van der Waals surface area contributed by atoms with E-state index in [0.717, 1.165) is 41.9 Å². The molecule has 1 aliphatic heterocycles. The molecule has 0 bridgehead atoms. The summed E-state index contributed by atoms with van der Waals surface area (Å²) in [5.74, 6) is 1.12. The van der Waals surface area contributed by atoms with Gasteiger partial charge in [0.05, 0.1) is 11.9 Å². The van der Waals surface area contributed by atoms with Crippen LogP contribution in [0.3, 0.4) is 0 Å². The van der Waals surface area contributed by atoms with Crippen LogP contribution < -0.4 is 0 Å². The number of nitrogens with one attached hydrogen (secondary N) is 1. The van der Waals surface area contributed by atoms with Gasteiger partial charge in [0.1, 0.15) is 11.6 Å². The van der Waals surface area contributed by atoms with Gasteiger partial charge in [0.25, 0.3) is 0 Å². The Kier molecular flexibility index (Phi) is 4.26. The number of carbonyl (C=O) groups is 1. The maximum atomic E-state index is 14.0. The first-order chi connectivity index (χ1) is 12.5. The summed E-state index contributed by atoms with van der Waals surface area (Å²) in [6.07, 6.45) is 6.07. The molecule has 1 aromatic carbocycles. The van der Waals surface area contributed by atoms with Crippen LogP contribution in [0.15, 0.2) is 30.6 Å². The number of nitrogens with zero attached hydrogens (tertiary/aromatic N) is 3. The van der Waals surface area contributed by atoms with Gasteiger partial charge in [-0.15, -0.1) is 0 Å². The molecule has 1 fully saturated rings. The molecule has 3 aromatic rings. The lowest BCUT2D eigenvalue weighted by Gasteiger charge is -2.32. The van der Waals surface area contributed by atoms with Crippen LogP contribution in [-0.2, 0) is 18.3 Å². The second-order valence-corrected chi connectivity index (χ2v) is 7.14. The minimum absolute atomic E-state index is 0.0946. The van der Waals surface area contributed by atoms with E-state index >= 15 is 0 Å². The Hall–Kier alpha value is -2.63. The summed E-state index contributed by atoms with van der Waals surface area (Å²) in [4.78, 5) is 22.4. The SMILES string of the molecule is Cc1[nH]c2c(F)cccc2c1CC(=O)N1CCCC(c2nccn2C)C1. The van der Waals surface area contributed by atoms with E-state index in [1.807, 2.05) is 35.7 Å². The molecule has 1 N–H and O–H groups in total. The molecule has 0 radical (unpaired) electrons. The first kappa shape index (κ1) is 16.8. The van der Waals surface area contributed by atoms with Crippen LogP contribution in [-0.4, -0.2) is 38.4 Å². The van der Waals surface area contributed by atoms with E-state index in [4.69, 9.17) is 0 Å². The lowest BCUT2D eigenvalue weighted by molar-refractivity contribution is -0.131. The molecule has 0 spiro atoms. The Balaban J connectivity index is 1.54. The van der Waals surface area contributed by atoms with E-state index in [1.54, 1.807) is 12.3 Å². The number of H-pyrrole nitrogens is 1. The quantitative estimate of drug-likeness (QED) is 0.785. The molecule has 136 valence electrons. The van der Waals surface area contributed by atoms with Crippen molar-refractivity contribution in [2.75, 3.05) is 13.1 Å². The monoisotopic (exact) mass is 354 g/mol. The molecule has 2 aromatic heterocycles. The molecule has 1 saturated heterocycles. The van der Waals surface area contributed by atoms with Crippen LogP contribution in [0.2, 0.25) is 0 Å². The summed E-state index contributed by atoms with van der Waals surface area (Å²) >= 11 is 0. The van der Waals surface area contributed by atoms with Crippen LogP contribution in [0.5, 0.6) is 0 Å². The summed E-state index contributed by atoms with van der Waals surface area (Å²) in [7, 11) is 1.99. The number of benzene rings is 1. The van der Waals surface area contributed by atoms with Gasteiger partial charge in [-0.25, -0.2) is 9.37 Å². The van der Waals surface area contributed by atoms with Crippen molar-refractivity contribution in [1.29, 1.82) is 0 Å². The van der Waals surface area contributed by atoms with Crippen molar-refractivity contribution in [2.45, 2.75) is 32.1 Å². The van der Waals surface area contributed by atoms with E-state index in [1.165, 1.54) is 6.07 Å². The second-order valence-electron chi connectivity index (χ2n) is 7.14. The molecule has 0 aliphatic carbocycles. The third-order valence-electron chi connectivity index (χ3n) is 5.43. The molecule has 26 heavy (non-hydrogen) atoms. The molecular formula is C20H23FN4O. The molecule has 0 saturated carbocycles. The topological polar surface area (TPSA) is 53.9 Å². The number of aryl methyl sites for hydroxylation is 2. The molecule has 1 unspecified atom stereocenters. The highest BCUT2D eigenvalue weighted by Gasteiger charge is 2.27. The van der Waals surface area contributed by atoms with E-state index in [0.29, 0.717) is 18.5 Å². The minimum Gasteiger partial charge on any atom is -0.356 e. The van der Waals surface area contributed by atoms with Crippen LogP contribution in [0, 0.1) is 12.7 Å². The van der Waals surface area contributed by atoms with Gasteiger partial charge >= 0.3 is 0 Å². The van der Waals surface area contributed by atoms with Gasteiger partial charge in [0.2, 0.25) is 5.91 Å². The number of rotatable bonds is 3. The Morgan fingerprint density at radius 3 is 3.04 bits per heavy atom. The molecule has 4 rings (SSSR count). The third-order valence-corrected chi connectivity index (χ3v) is 5.43. The largest absolute Gasteiger partial charge is 0.356 e. The highest BCUT2D eigenvalue weighted by Crippen LogP contribution is 2.28. The molecule has 1 amide bonds. The van der Waals surface area contributed by atoms with Crippen molar-refractivity contribution in [2.24, 2.45) is 7.05 Å². The highest BCUT2D eigenvalue weighted by molar-refractivity contribution is 5.90.